The van der Waals surface area contributed by atoms with E-state index in [0.29, 0.717) is 17.0 Å². The van der Waals surface area contributed by atoms with Crippen LogP contribution in [0.25, 0.3) is 0 Å². The molecule has 0 N–H and O–H groups in total. The van der Waals surface area contributed by atoms with Gasteiger partial charge in [-0.15, -0.1) is 0 Å². The number of carbonyl (C=O) groups is 1. The summed E-state index contributed by atoms with van der Waals surface area (Å²) >= 11 is 5.83. The third kappa shape index (κ3) is 3.24. The zero-order chi connectivity index (χ0) is 14.0. The second-order valence-electron chi connectivity index (χ2n) is 4.98. The van der Waals surface area contributed by atoms with E-state index in [1.807, 2.05) is 0 Å². The average molecular weight is 273 g/mol. The van der Waals surface area contributed by atoms with Gasteiger partial charge in [0.05, 0.1) is 0 Å². The Morgan fingerprint density at radius 1 is 1.00 bits per heavy atom. The van der Waals surface area contributed by atoms with Gasteiger partial charge in [-0.05, 0) is 61.7 Å². The predicted octanol–water partition coefficient (Wildman–Crippen LogP) is 4.69. The van der Waals surface area contributed by atoms with Crippen molar-refractivity contribution in [2.24, 2.45) is 0 Å². The molecule has 2 aromatic rings. The van der Waals surface area contributed by atoms with Crippen molar-refractivity contribution < 1.29 is 4.79 Å². The summed E-state index contributed by atoms with van der Waals surface area (Å²) in [6.07, 6.45) is 0.444. The zero-order valence-electron chi connectivity index (χ0n) is 11.5. The summed E-state index contributed by atoms with van der Waals surface area (Å²) in [5.74, 6) is 0.131. The summed E-state index contributed by atoms with van der Waals surface area (Å²) in [6.45, 7) is 6.19. The van der Waals surface area contributed by atoms with E-state index in [1.165, 1.54) is 16.7 Å². The number of ketones is 1. The predicted molar refractivity (Wildman–Crippen MR) is 80.1 cm³/mol. The van der Waals surface area contributed by atoms with Crippen LogP contribution in [0.1, 0.15) is 32.6 Å². The average Bonchev–Trinajstić information content (AvgIpc) is 2.34. The zero-order valence-corrected chi connectivity index (χ0v) is 12.2. The Hall–Kier alpha value is -1.60. The molecule has 0 spiro atoms. The molecule has 1 nitrogen and oxygen atoms in total. The minimum Gasteiger partial charge on any atom is -0.294 e. The Balaban J connectivity index is 2.26. The summed E-state index contributed by atoms with van der Waals surface area (Å²) < 4.78 is 0. The molecular weight excluding hydrogens is 256 g/mol. The van der Waals surface area contributed by atoms with Crippen LogP contribution >= 0.6 is 11.6 Å². The molecule has 2 aromatic carbocycles. The number of Topliss-reactive ketones (excluding diaryl/α,β-unsaturated/α-hetero) is 1. The van der Waals surface area contributed by atoms with E-state index in [4.69, 9.17) is 11.6 Å². The fourth-order valence-electron chi connectivity index (χ4n) is 2.39. The van der Waals surface area contributed by atoms with Crippen molar-refractivity contribution in [1.29, 1.82) is 0 Å². The molecule has 0 aliphatic heterocycles. The number of carbonyl (C=O) groups excluding carboxylic acids is 1. The lowest BCUT2D eigenvalue weighted by Gasteiger charge is -2.10. The van der Waals surface area contributed by atoms with Crippen molar-refractivity contribution in [2.75, 3.05) is 0 Å². The Labute approximate surface area is 119 Å². The van der Waals surface area contributed by atoms with Crippen molar-refractivity contribution >= 4 is 17.4 Å². The van der Waals surface area contributed by atoms with Gasteiger partial charge < -0.3 is 0 Å². The molecule has 0 fully saturated rings. The molecule has 0 amide bonds. The monoisotopic (exact) mass is 272 g/mol. The molecule has 0 bridgehead atoms. The first-order valence-electron chi connectivity index (χ1n) is 6.33. The maximum Gasteiger partial charge on any atom is 0.167 e. The normalized spacial score (nSPS) is 10.5. The minimum absolute atomic E-state index is 0.131. The number of halogens is 1. The lowest BCUT2D eigenvalue weighted by atomic mass is 9.94. The largest absolute Gasteiger partial charge is 0.294 e. The fraction of sp³-hybridized carbons (Fsp3) is 0.235. The molecule has 0 aromatic heterocycles. The van der Waals surface area contributed by atoms with Crippen LogP contribution in [0.5, 0.6) is 0 Å². The van der Waals surface area contributed by atoms with Crippen molar-refractivity contribution in [1.82, 2.24) is 0 Å². The van der Waals surface area contributed by atoms with Crippen LogP contribution in [-0.2, 0) is 6.42 Å². The highest BCUT2D eigenvalue weighted by atomic mass is 35.5. The van der Waals surface area contributed by atoms with Gasteiger partial charge in [-0.3, -0.25) is 4.79 Å². The van der Waals surface area contributed by atoms with Gasteiger partial charge >= 0.3 is 0 Å². The Bertz CT molecular complexity index is 589. The number of hydrogen-bond donors (Lipinski definition) is 0. The minimum atomic E-state index is 0.131. The van der Waals surface area contributed by atoms with Gasteiger partial charge in [0.15, 0.2) is 5.78 Å². The van der Waals surface area contributed by atoms with E-state index in [9.17, 15) is 4.79 Å². The molecule has 0 aliphatic rings. The molecule has 0 saturated heterocycles. The lowest BCUT2D eigenvalue weighted by molar-refractivity contribution is 0.0992. The second-order valence-corrected chi connectivity index (χ2v) is 5.42. The molecular formula is C17H17ClO. The number of aryl methyl sites for hydroxylation is 3. The highest BCUT2D eigenvalue weighted by molar-refractivity contribution is 6.30. The van der Waals surface area contributed by atoms with E-state index in [-0.39, 0.29) is 5.78 Å². The van der Waals surface area contributed by atoms with E-state index in [0.717, 1.165) is 5.56 Å². The van der Waals surface area contributed by atoms with Crippen LogP contribution in [0.15, 0.2) is 36.4 Å². The number of benzene rings is 2. The van der Waals surface area contributed by atoms with Gasteiger partial charge in [0.25, 0.3) is 0 Å². The molecule has 2 rings (SSSR count). The quantitative estimate of drug-likeness (QED) is 0.741. The van der Waals surface area contributed by atoms with Crippen LogP contribution in [0.2, 0.25) is 5.02 Å². The summed E-state index contributed by atoms with van der Waals surface area (Å²) in [4.78, 5) is 12.3. The van der Waals surface area contributed by atoms with Gasteiger partial charge in [0.2, 0.25) is 0 Å². The maximum atomic E-state index is 12.3. The summed E-state index contributed by atoms with van der Waals surface area (Å²) in [7, 11) is 0. The highest BCUT2D eigenvalue weighted by Gasteiger charge is 2.11. The molecule has 19 heavy (non-hydrogen) atoms. The first kappa shape index (κ1) is 13.8. The smallest absolute Gasteiger partial charge is 0.167 e. The van der Waals surface area contributed by atoms with Crippen molar-refractivity contribution in [2.45, 2.75) is 27.2 Å². The topological polar surface area (TPSA) is 17.1 Å². The summed E-state index contributed by atoms with van der Waals surface area (Å²) in [5, 5.41) is 0.652. The van der Waals surface area contributed by atoms with Crippen molar-refractivity contribution in [3.63, 3.8) is 0 Å². The van der Waals surface area contributed by atoms with Crippen LogP contribution < -0.4 is 0 Å². The number of hydrogen-bond acceptors (Lipinski definition) is 1. The van der Waals surface area contributed by atoms with Crippen LogP contribution in [0.3, 0.4) is 0 Å². The van der Waals surface area contributed by atoms with Crippen LogP contribution in [0.4, 0.5) is 0 Å². The van der Waals surface area contributed by atoms with Gasteiger partial charge in [-0.25, -0.2) is 0 Å². The van der Waals surface area contributed by atoms with E-state index in [1.54, 1.807) is 24.3 Å². The van der Waals surface area contributed by atoms with Gasteiger partial charge in [0.1, 0.15) is 0 Å². The molecule has 0 unspecified atom stereocenters. The second kappa shape index (κ2) is 5.58. The standard InChI is InChI=1S/C17H17ClO/c1-11-8-12(2)16(13(3)9-11)10-17(19)14-4-6-15(18)7-5-14/h4-9H,10H2,1-3H3. The van der Waals surface area contributed by atoms with Crippen molar-refractivity contribution in [3.8, 4) is 0 Å². The number of rotatable bonds is 3. The lowest BCUT2D eigenvalue weighted by Crippen LogP contribution is -2.06. The first-order valence-corrected chi connectivity index (χ1v) is 6.70. The van der Waals surface area contributed by atoms with Gasteiger partial charge in [-0.2, -0.15) is 0 Å². The van der Waals surface area contributed by atoms with Gasteiger partial charge in [-0.1, -0.05) is 29.3 Å². The third-order valence-corrected chi connectivity index (χ3v) is 3.60. The van der Waals surface area contributed by atoms with E-state index in [2.05, 4.69) is 32.9 Å². The third-order valence-electron chi connectivity index (χ3n) is 3.34. The van der Waals surface area contributed by atoms with Crippen LogP contribution in [0, 0.1) is 20.8 Å². The SMILES string of the molecule is Cc1cc(C)c(CC(=O)c2ccc(Cl)cc2)c(C)c1. The van der Waals surface area contributed by atoms with Gasteiger partial charge in [0, 0.05) is 17.0 Å². The molecule has 0 radical (unpaired) electrons. The van der Waals surface area contributed by atoms with Crippen molar-refractivity contribution in [3.05, 3.63) is 69.2 Å². The Morgan fingerprint density at radius 3 is 2.05 bits per heavy atom. The van der Waals surface area contributed by atoms with E-state index < -0.39 is 0 Å². The summed E-state index contributed by atoms with van der Waals surface area (Å²) in [6, 6.07) is 11.3. The highest BCUT2D eigenvalue weighted by Crippen LogP contribution is 2.19. The van der Waals surface area contributed by atoms with Crippen LogP contribution in [-0.4, -0.2) is 5.78 Å². The molecule has 0 aliphatic carbocycles. The first-order chi connectivity index (χ1) is 8.97. The molecule has 98 valence electrons. The Morgan fingerprint density at radius 2 is 1.53 bits per heavy atom. The molecule has 0 saturated carbocycles. The van der Waals surface area contributed by atoms with E-state index >= 15 is 0 Å². The summed E-state index contributed by atoms with van der Waals surface area (Å²) in [5.41, 5.74) is 5.44. The molecule has 0 atom stereocenters. The fourth-order valence-corrected chi connectivity index (χ4v) is 2.51. The maximum absolute atomic E-state index is 12.3. The molecule has 0 heterocycles. The molecule has 2 heteroatoms. The Kier molecular flexibility index (Phi) is 4.06.